The maximum absolute atomic E-state index is 10.8. The molecular formula is C7H11N5O3S. The van der Waals surface area contributed by atoms with Gasteiger partial charge in [0.25, 0.3) is 0 Å². The molecule has 1 atom stereocenters. The summed E-state index contributed by atoms with van der Waals surface area (Å²) < 4.78 is 10.8. The molecule has 0 aliphatic carbocycles. The zero-order valence-corrected chi connectivity index (χ0v) is 9.36. The molecule has 1 aromatic rings. The summed E-state index contributed by atoms with van der Waals surface area (Å²) in [6.45, 7) is 0.320. The van der Waals surface area contributed by atoms with Crippen molar-refractivity contribution in [2.24, 2.45) is 0 Å². The van der Waals surface area contributed by atoms with E-state index in [4.69, 9.17) is 5.73 Å². The largest absolute Gasteiger partial charge is 0.378 e. The molecule has 3 N–H and O–H groups in total. The lowest BCUT2D eigenvalue weighted by atomic mass is 10.4. The van der Waals surface area contributed by atoms with Gasteiger partial charge in [-0.25, -0.2) is 9.97 Å². The van der Waals surface area contributed by atoms with Gasteiger partial charge in [-0.15, -0.1) is 0 Å². The highest BCUT2D eigenvalue weighted by atomic mass is 32.2. The van der Waals surface area contributed by atoms with E-state index in [1.165, 1.54) is 0 Å². The van der Waals surface area contributed by atoms with Crippen molar-refractivity contribution in [3.8, 4) is 0 Å². The molecule has 1 heterocycles. The SMILES string of the molecule is CS(=O)CCNc1ncnc(N)c1[N+](=O)[O-]. The minimum absolute atomic E-state index is 0.0444. The summed E-state index contributed by atoms with van der Waals surface area (Å²) in [5.41, 5.74) is 5.00. The molecule has 0 saturated carbocycles. The minimum atomic E-state index is -0.969. The van der Waals surface area contributed by atoms with Crippen LogP contribution in [-0.4, -0.2) is 37.7 Å². The Morgan fingerprint density at radius 2 is 2.31 bits per heavy atom. The second-order valence-corrected chi connectivity index (χ2v) is 4.47. The van der Waals surface area contributed by atoms with Crippen molar-refractivity contribution in [2.45, 2.75) is 0 Å². The summed E-state index contributed by atoms with van der Waals surface area (Å²) in [7, 11) is -0.969. The Balaban J connectivity index is 2.83. The van der Waals surface area contributed by atoms with E-state index in [1.54, 1.807) is 6.26 Å². The first-order valence-electron chi connectivity index (χ1n) is 4.31. The van der Waals surface area contributed by atoms with Crippen LogP contribution in [0.5, 0.6) is 0 Å². The van der Waals surface area contributed by atoms with Gasteiger partial charge in [0.2, 0.25) is 11.6 Å². The zero-order valence-electron chi connectivity index (χ0n) is 8.54. The summed E-state index contributed by atoms with van der Waals surface area (Å²) >= 11 is 0. The fourth-order valence-electron chi connectivity index (χ4n) is 1.01. The van der Waals surface area contributed by atoms with Gasteiger partial charge in [0, 0.05) is 29.4 Å². The Labute approximate surface area is 93.9 Å². The Kier molecular flexibility index (Phi) is 4.11. The normalized spacial score (nSPS) is 12.1. The molecule has 0 aromatic carbocycles. The van der Waals surface area contributed by atoms with Gasteiger partial charge in [-0.05, 0) is 0 Å². The van der Waals surface area contributed by atoms with Gasteiger partial charge in [-0.3, -0.25) is 14.3 Å². The molecule has 1 unspecified atom stereocenters. The number of nitrogen functional groups attached to an aromatic ring is 1. The first-order chi connectivity index (χ1) is 7.52. The van der Waals surface area contributed by atoms with E-state index in [0.717, 1.165) is 6.33 Å². The van der Waals surface area contributed by atoms with Gasteiger partial charge < -0.3 is 11.1 Å². The average Bonchev–Trinajstić information content (AvgIpc) is 2.16. The summed E-state index contributed by atoms with van der Waals surface area (Å²) in [6.07, 6.45) is 2.68. The van der Waals surface area contributed by atoms with E-state index >= 15 is 0 Å². The van der Waals surface area contributed by atoms with Crippen LogP contribution < -0.4 is 11.1 Å². The highest BCUT2D eigenvalue weighted by Gasteiger charge is 2.20. The fraction of sp³-hybridized carbons (Fsp3) is 0.429. The number of anilines is 2. The number of rotatable bonds is 5. The van der Waals surface area contributed by atoms with Crippen molar-refractivity contribution < 1.29 is 9.13 Å². The number of hydrogen-bond donors (Lipinski definition) is 2. The summed E-state index contributed by atoms with van der Waals surface area (Å²) in [4.78, 5) is 17.3. The number of nitrogens with zero attached hydrogens (tertiary/aromatic N) is 3. The van der Waals surface area contributed by atoms with E-state index in [0.29, 0.717) is 12.3 Å². The van der Waals surface area contributed by atoms with Crippen LogP contribution in [0.2, 0.25) is 0 Å². The van der Waals surface area contributed by atoms with Crippen LogP contribution in [0.15, 0.2) is 6.33 Å². The number of aromatic nitrogens is 2. The maximum atomic E-state index is 10.8. The minimum Gasteiger partial charge on any atom is -0.378 e. The van der Waals surface area contributed by atoms with Gasteiger partial charge in [0.05, 0.1) is 4.92 Å². The first kappa shape index (κ1) is 12.3. The van der Waals surface area contributed by atoms with Crippen LogP contribution in [-0.2, 0) is 10.8 Å². The monoisotopic (exact) mass is 245 g/mol. The van der Waals surface area contributed by atoms with Gasteiger partial charge in [-0.2, -0.15) is 0 Å². The van der Waals surface area contributed by atoms with Gasteiger partial charge in [0.1, 0.15) is 6.33 Å². The number of nitrogens with two attached hydrogens (primary N) is 1. The average molecular weight is 245 g/mol. The third kappa shape index (κ3) is 3.12. The summed E-state index contributed by atoms with van der Waals surface area (Å²) in [6, 6.07) is 0. The Hall–Kier alpha value is -1.77. The molecule has 0 aliphatic heterocycles. The van der Waals surface area contributed by atoms with Crippen molar-refractivity contribution in [1.29, 1.82) is 0 Å². The maximum Gasteiger partial charge on any atom is 0.352 e. The van der Waals surface area contributed by atoms with Crippen molar-refractivity contribution in [3.63, 3.8) is 0 Å². The van der Waals surface area contributed by atoms with Gasteiger partial charge >= 0.3 is 5.69 Å². The molecule has 0 spiro atoms. The molecule has 1 rings (SSSR count). The third-order valence-electron chi connectivity index (χ3n) is 1.72. The van der Waals surface area contributed by atoms with E-state index in [1.807, 2.05) is 0 Å². The van der Waals surface area contributed by atoms with Crippen LogP contribution in [0.1, 0.15) is 0 Å². The zero-order chi connectivity index (χ0) is 12.1. The van der Waals surface area contributed by atoms with Crippen molar-refractivity contribution in [1.82, 2.24) is 9.97 Å². The molecule has 0 saturated heterocycles. The second kappa shape index (κ2) is 5.35. The fourth-order valence-corrected chi connectivity index (χ4v) is 1.40. The predicted molar refractivity (Wildman–Crippen MR) is 60.5 cm³/mol. The molecule has 9 heteroatoms. The quantitative estimate of drug-likeness (QED) is 0.541. The smallest absolute Gasteiger partial charge is 0.352 e. The molecule has 88 valence electrons. The Morgan fingerprint density at radius 3 is 2.88 bits per heavy atom. The number of hydrogen-bond acceptors (Lipinski definition) is 7. The summed E-state index contributed by atoms with van der Waals surface area (Å²) in [5, 5.41) is 13.4. The molecule has 1 aromatic heterocycles. The number of nitrogens with one attached hydrogen (secondary N) is 1. The molecule has 16 heavy (non-hydrogen) atoms. The van der Waals surface area contributed by atoms with Gasteiger partial charge in [0.15, 0.2) is 0 Å². The van der Waals surface area contributed by atoms with Crippen LogP contribution in [0, 0.1) is 10.1 Å². The molecule has 8 nitrogen and oxygen atoms in total. The molecule has 0 aliphatic rings. The lowest BCUT2D eigenvalue weighted by molar-refractivity contribution is -0.383. The van der Waals surface area contributed by atoms with Crippen LogP contribution in [0.25, 0.3) is 0 Å². The van der Waals surface area contributed by atoms with Crippen molar-refractivity contribution in [2.75, 3.05) is 29.6 Å². The van der Waals surface area contributed by atoms with E-state index < -0.39 is 15.7 Å². The van der Waals surface area contributed by atoms with E-state index in [-0.39, 0.29) is 17.3 Å². The van der Waals surface area contributed by atoms with Crippen molar-refractivity contribution >= 4 is 28.1 Å². The van der Waals surface area contributed by atoms with Crippen LogP contribution >= 0.6 is 0 Å². The lowest BCUT2D eigenvalue weighted by Gasteiger charge is -2.05. The standard InChI is InChI=1S/C7H11N5O3S/c1-16(15)3-2-9-7-5(12(13)14)6(8)10-4-11-7/h4H,2-3H2,1H3,(H3,8,9,10,11). The Morgan fingerprint density at radius 1 is 1.62 bits per heavy atom. The molecule has 0 bridgehead atoms. The Bertz CT molecular complexity index is 424. The summed E-state index contributed by atoms with van der Waals surface area (Å²) in [5.74, 6) is 0.226. The van der Waals surface area contributed by atoms with E-state index in [2.05, 4.69) is 15.3 Å². The molecule has 0 fully saturated rings. The number of nitro groups is 1. The topological polar surface area (TPSA) is 124 Å². The highest BCUT2D eigenvalue weighted by molar-refractivity contribution is 7.84. The first-order valence-corrected chi connectivity index (χ1v) is 6.04. The van der Waals surface area contributed by atoms with Gasteiger partial charge in [-0.1, -0.05) is 0 Å². The second-order valence-electron chi connectivity index (χ2n) is 2.92. The van der Waals surface area contributed by atoms with Crippen LogP contribution in [0.4, 0.5) is 17.3 Å². The lowest BCUT2D eigenvalue weighted by Crippen LogP contribution is -2.13. The molecular weight excluding hydrogens is 234 g/mol. The van der Waals surface area contributed by atoms with Crippen molar-refractivity contribution in [3.05, 3.63) is 16.4 Å². The molecule has 0 amide bonds. The highest BCUT2D eigenvalue weighted by Crippen LogP contribution is 2.25. The van der Waals surface area contributed by atoms with Crippen LogP contribution in [0.3, 0.4) is 0 Å². The van der Waals surface area contributed by atoms with E-state index in [9.17, 15) is 14.3 Å². The molecule has 0 radical (unpaired) electrons. The predicted octanol–water partition coefficient (Wildman–Crippen LogP) is -0.243. The third-order valence-corrected chi connectivity index (χ3v) is 2.49.